The molecule has 0 atom stereocenters. The topological polar surface area (TPSA) is 69.4 Å². The van der Waals surface area contributed by atoms with E-state index >= 15 is 0 Å². The van der Waals surface area contributed by atoms with Gasteiger partial charge in [-0.2, -0.15) is 0 Å². The smallest absolute Gasteiger partial charge is 0.403 e. The van der Waals surface area contributed by atoms with E-state index in [0.717, 1.165) is 0 Å². The lowest BCUT2D eigenvalue weighted by Gasteiger charge is -2.04. The van der Waals surface area contributed by atoms with Crippen LogP contribution in [0.4, 0.5) is 10.5 Å². The zero-order valence-electron chi connectivity index (χ0n) is 7.98. The van der Waals surface area contributed by atoms with Gasteiger partial charge >= 0.3 is 5.43 Å². The van der Waals surface area contributed by atoms with Gasteiger partial charge in [0.2, 0.25) is 0 Å². The van der Waals surface area contributed by atoms with Gasteiger partial charge in [-0.15, -0.1) is 0 Å². The Kier molecular flexibility index (Phi) is 4.52. The summed E-state index contributed by atoms with van der Waals surface area (Å²) in [5.74, 6) is 0. The largest absolute Gasteiger partial charge is 0.453 e. The van der Waals surface area contributed by atoms with Crippen LogP contribution in [0.2, 0.25) is 5.02 Å². The first-order chi connectivity index (χ1) is 7.52. The molecule has 0 heterocycles. The number of hydrogen-bond donors (Lipinski definition) is 0. The molecule has 16 heavy (non-hydrogen) atoms. The Hall–Kier alpha value is -1.33. The molecular weight excluding hydrogens is 257 g/mol. The summed E-state index contributed by atoms with van der Waals surface area (Å²) in [6, 6.07) is 4.35. The minimum absolute atomic E-state index is 0.0487. The predicted octanol–water partition coefficient (Wildman–Crippen LogP) is 3.17. The van der Waals surface area contributed by atoms with E-state index < -0.39 is 10.4 Å². The monoisotopic (exact) mass is 263 g/mol. The number of nitrogens with zero attached hydrogens (tertiary/aromatic N) is 1. The number of nitro groups is 1. The van der Waals surface area contributed by atoms with E-state index in [2.05, 4.69) is 4.74 Å². The number of benzene rings is 1. The average Bonchev–Trinajstić information content (AvgIpc) is 2.19. The Morgan fingerprint density at radius 3 is 2.75 bits per heavy atom. The highest BCUT2D eigenvalue weighted by atomic mass is 35.5. The van der Waals surface area contributed by atoms with Crippen molar-refractivity contribution >= 4 is 34.3 Å². The van der Waals surface area contributed by atoms with E-state index in [4.69, 9.17) is 23.2 Å². The molecule has 1 rings (SSSR count). The van der Waals surface area contributed by atoms with Gasteiger partial charge in [-0.25, -0.2) is 4.79 Å². The summed E-state index contributed by atoms with van der Waals surface area (Å²) >= 11 is 10.8. The van der Waals surface area contributed by atoms with Crippen LogP contribution in [0.1, 0.15) is 5.56 Å². The molecular formula is C9H7Cl2NO4. The van der Waals surface area contributed by atoms with Crippen molar-refractivity contribution < 1.29 is 14.5 Å². The minimum Gasteiger partial charge on any atom is -0.453 e. The van der Waals surface area contributed by atoms with Crippen molar-refractivity contribution in [3.05, 3.63) is 38.9 Å². The molecule has 0 aromatic heterocycles. The van der Waals surface area contributed by atoms with Gasteiger partial charge in [0.05, 0.1) is 22.1 Å². The van der Waals surface area contributed by atoms with Gasteiger partial charge in [-0.1, -0.05) is 17.7 Å². The maximum Gasteiger partial charge on any atom is 0.403 e. The summed E-state index contributed by atoms with van der Waals surface area (Å²) in [5, 5.41) is 10.9. The molecule has 0 saturated heterocycles. The molecule has 7 heteroatoms. The maximum atomic E-state index is 10.7. The molecule has 0 saturated carbocycles. The summed E-state index contributed by atoms with van der Waals surface area (Å²) < 4.78 is 4.48. The van der Waals surface area contributed by atoms with Crippen LogP contribution in [-0.4, -0.2) is 17.0 Å². The normalized spacial score (nSPS) is 9.88. The Morgan fingerprint density at radius 1 is 1.50 bits per heavy atom. The van der Waals surface area contributed by atoms with Crippen molar-refractivity contribution in [2.75, 3.05) is 6.61 Å². The Labute approximate surface area is 101 Å². The van der Waals surface area contributed by atoms with Crippen LogP contribution in [0.5, 0.6) is 0 Å². The standard InChI is InChI=1S/C9H7Cl2NO4/c10-7-2-1-3-8(12(14)15)6(7)4-5-16-9(11)13/h1-3H,4-5H2. The molecule has 0 bridgehead atoms. The third-order valence-corrected chi connectivity index (χ3v) is 2.32. The third-order valence-electron chi connectivity index (χ3n) is 1.86. The number of nitro benzene ring substituents is 1. The summed E-state index contributed by atoms with van der Waals surface area (Å²) in [4.78, 5) is 20.5. The second kappa shape index (κ2) is 5.67. The van der Waals surface area contributed by atoms with Crippen molar-refractivity contribution in [1.82, 2.24) is 0 Å². The lowest BCUT2D eigenvalue weighted by Crippen LogP contribution is -2.03. The predicted molar refractivity (Wildman–Crippen MR) is 59.0 cm³/mol. The fraction of sp³-hybridized carbons (Fsp3) is 0.222. The third kappa shape index (κ3) is 3.36. The summed E-state index contributed by atoms with van der Waals surface area (Å²) in [6.45, 7) is -0.0487. The van der Waals surface area contributed by atoms with Crippen LogP contribution in [-0.2, 0) is 11.2 Å². The van der Waals surface area contributed by atoms with E-state index in [9.17, 15) is 14.9 Å². The van der Waals surface area contributed by atoms with Crippen LogP contribution >= 0.6 is 23.2 Å². The minimum atomic E-state index is -0.949. The van der Waals surface area contributed by atoms with E-state index in [1.165, 1.54) is 18.2 Å². The highest BCUT2D eigenvalue weighted by Gasteiger charge is 2.16. The molecule has 5 nitrogen and oxygen atoms in total. The van der Waals surface area contributed by atoms with Crippen molar-refractivity contribution in [3.63, 3.8) is 0 Å². The number of rotatable bonds is 4. The lowest BCUT2D eigenvalue weighted by molar-refractivity contribution is -0.385. The van der Waals surface area contributed by atoms with Crippen LogP contribution < -0.4 is 0 Å². The van der Waals surface area contributed by atoms with Crippen molar-refractivity contribution in [2.24, 2.45) is 0 Å². The van der Waals surface area contributed by atoms with Crippen LogP contribution in [0, 0.1) is 10.1 Å². The van der Waals surface area contributed by atoms with Crippen molar-refractivity contribution in [3.8, 4) is 0 Å². The molecule has 0 unspecified atom stereocenters. The molecule has 86 valence electrons. The summed E-state index contributed by atoms with van der Waals surface area (Å²) in [6.07, 6.45) is 0.147. The van der Waals surface area contributed by atoms with Gasteiger partial charge in [0, 0.05) is 24.1 Å². The van der Waals surface area contributed by atoms with Gasteiger partial charge in [0.25, 0.3) is 5.69 Å². The number of carbonyl (C=O) groups excluding carboxylic acids is 1. The van der Waals surface area contributed by atoms with Gasteiger partial charge in [0.1, 0.15) is 0 Å². The Bertz CT molecular complexity index is 422. The number of ether oxygens (including phenoxy) is 1. The van der Waals surface area contributed by atoms with Gasteiger partial charge in [0.15, 0.2) is 0 Å². The first-order valence-electron chi connectivity index (χ1n) is 4.26. The second-order valence-electron chi connectivity index (χ2n) is 2.83. The van der Waals surface area contributed by atoms with Crippen LogP contribution in [0.3, 0.4) is 0 Å². The molecule has 0 N–H and O–H groups in total. The molecule has 0 aliphatic carbocycles. The number of hydrogen-bond acceptors (Lipinski definition) is 4. The summed E-state index contributed by atoms with van der Waals surface area (Å²) in [7, 11) is 0. The number of halogens is 2. The van der Waals surface area contributed by atoms with E-state index in [0.29, 0.717) is 5.56 Å². The van der Waals surface area contributed by atoms with E-state index in [1.807, 2.05) is 0 Å². The second-order valence-corrected chi connectivity index (χ2v) is 3.55. The van der Waals surface area contributed by atoms with Gasteiger partial charge in [-0.3, -0.25) is 10.1 Å². The first-order valence-corrected chi connectivity index (χ1v) is 5.02. The van der Waals surface area contributed by atoms with Crippen molar-refractivity contribution in [1.29, 1.82) is 0 Å². The molecule has 0 aliphatic heterocycles. The molecule has 0 amide bonds. The van der Waals surface area contributed by atoms with E-state index in [1.54, 1.807) is 0 Å². The molecule has 0 spiro atoms. The highest BCUT2D eigenvalue weighted by molar-refractivity contribution is 6.61. The SMILES string of the molecule is O=C(Cl)OCCc1c(Cl)cccc1[N+](=O)[O-]. The molecule has 0 aliphatic rings. The molecule has 0 fully saturated rings. The average molecular weight is 264 g/mol. The summed E-state index contributed by atoms with van der Waals surface area (Å²) in [5.41, 5.74) is -0.722. The van der Waals surface area contributed by atoms with Crippen molar-refractivity contribution in [2.45, 2.75) is 6.42 Å². The highest BCUT2D eigenvalue weighted by Crippen LogP contribution is 2.26. The fourth-order valence-corrected chi connectivity index (χ4v) is 1.54. The fourth-order valence-electron chi connectivity index (χ4n) is 1.20. The van der Waals surface area contributed by atoms with Crippen LogP contribution in [0.15, 0.2) is 18.2 Å². The quantitative estimate of drug-likeness (QED) is 0.475. The zero-order valence-corrected chi connectivity index (χ0v) is 9.49. The lowest BCUT2D eigenvalue weighted by atomic mass is 10.1. The molecule has 0 radical (unpaired) electrons. The Morgan fingerprint density at radius 2 is 2.19 bits per heavy atom. The van der Waals surface area contributed by atoms with Gasteiger partial charge in [-0.05, 0) is 6.07 Å². The van der Waals surface area contributed by atoms with Crippen LogP contribution in [0.25, 0.3) is 0 Å². The van der Waals surface area contributed by atoms with Gasteiger partial charge < -0.3 is 4.74 Å². The molecule has 1 aromatic carbocycles. The van der Waals surface area contributed by atoms with E-state index in [-0.39, 0.29) is 23.7 Å². The Balaban J connectivity index is 2.84. The zero-order chi connectivity index (χ0) is 12.1. The first kappa shape index (κ1) is 12.7. The number of carbonyl (C=O) groups is 1. The molecule has 1 aromatic rings. The maximum absolute atomic E-state index is 10.7.